The number of piperidine rings is 1. The first-order valence-electron chi connectivity index (χ1n) is 10.1. The number of carbonyl (C=O) groups excluding carboxylic acids is 2. The zero-order valence-corrected chi connectivity index (χ0v) is 17.3. The summed E-state index contributed by atoms with van der Waals surface area (Å²) in [7, 11) is 1.93. The van der Waals surface area contributed by atoms with Gasteiger partial charge in [-0.3, -0.25) is 9.59 Å². The molecule has 2 aliphatic rings. The van der Waals surface area contributed by atoms with E-state index in [1.807, 2.05) is 37.6 Å². The molecule has 1 aliphatic heterocycles. The van der Waals surface area contributed by atoms with Gasteiger partial charge in [0.05, 0.1) is 12.7 Å². The molecule has 0 bridgehead atoms. The summed E-state index contributed by atoms with van der Waals surface area (Å²) in [6.45, 7) is 1.58. The summed E-state index contributed by atoms with van der Waals surface area (Å²) in [5, 5.41) is 2.98. The van der Waals surface area contributed by atoms with Gasteiger partial charge in [-0.2, -0.15) is 0 Å². The van der Waals surface area contributed by atoms with E-state index in [1.54, 1.807) is 11.8 Å². The fraction of sp³-hybridized carbons (Fsp3) is 0.619. The molecule has 5 nitrogen and oxygen atoms in total. The van der Waals surface area contributed by atoms with Crippen molar-refractivity contribution in [2.45, 2.75) is 49.5 Å². The van der Waals surface area contributed by atoms with E-state index in [-0.39, 0.29) is 11.8 Å². The maximum Gasteiger partial charge on any atom is 0.279 e. The number of anilines is 1. The van der Waals surface area contributed by atoms with Gasteiger partial charge in [-0.05, 0) is 50.0 Å². The number of benzene rings is 1. The molecule has 1 saturated heterocycles. The van der Waals surface area contributed by atoms with Crippen LogP contribution >= 0.6 is 11.8 Å². The minimum absolute atomic E-state index is 0.0454. The minimum Gasteiger partial charge on any atom is -0.335 e. The molecule has 0 radical (unpaired) electrons. The Morgan fingerprint density at radius 3 is 2.70 bits per heavy atom. The molecule has 3 rings (SSSR count). The van der Waals surface area contributed by atoms with E-state index in [2.05, 4.69) is 10.2 Å². The highest BCUT2D eigenvalue weighted by molar-refractivity contribution is 7.98. The van der Waals surface area contributed by atoms with E-state index in [1.165, 1.54) is 25.7 Å². The highest BCUT2D eigenvalue weighted by atomic mass is 32.2. The molecule has 2 N–H and O–H groups in total. The number of hydrogen-bond donors (Lipinski definition) is 2. The third-order valence-electron chi connectivity index (χ3n) is 5.86. The van der Waals surface area contributed by atoms with Crippen LogP contribution in [-0.2, 0) is 9.59 Å². The number of nitrogens with zero attached hydrogens (tertiary/aromatic N) is 1. The van der Waals surface area contributed by atoms with E-state index in [4.69, 9.17) is 0 Å². The van der Waals surface area contributed by atoms with Gasteiger partial charge in [0.1, 0.15) is 0 Å². The quantitative estimate of drug-likeness (QED) is 0.731. The molecule has 0 aromatic heterocycles. The van der Waals surface area contributed by atoms with Crippen LogP contribution in [0.5, 0.6) is 0 Å². The molecular formula is C21H32N3O2S+. The van der Waals surface area contributed by atoms with Crippen LogP contribution in [0.15, 0.2) is 29.2 Å². The minimum atomic E-state index is -0.0454. The van der Waals surface area contributed by atoms with Gasteiger partial charge >= 0.3 is 0 Å². The topological polar surface area (TPSA) is 53.9 Å². The van der Waals surface area contributed by atoms with Gasteiger partial charge in [0.15, 0.2) is 13.1 Å². The zero-order chi connectivity index (χ0) is 19.2. The summed E-state index contributed by atoms with van der Waals surface area (Å²) in [4.78, 5) is 29.4. The fourth-order valence-corrected chi connectivity index (χ4v) is 5.13. The Morgan fingerprint density at radius 2 is 1.89 bits per heavy atom. The highest BCUT2D eigenvalue weighted by Gasteiger charge is 2.36. The monoisotopic (exact) mass is 390 g/mol. The van der Waals surface area contributed by atoms with Crippen molar-refractivity contribution in [3.05, 3.63) is 24.3 Å². The van der Waals surface area contributed by atoms with Crippen LogP contribution < -0.4 is 10.2 Å². The van der Waals surface area contributed by atoms with Crippen molar-refractivity contribution >= 4 is 29.3 Å². The first kappa shape index (κ1) is 20.2. The number of hydrogen-bond acceptors (Lipinski definition) is 3. The highest BCUT2D eigenvalue weighted by Crippen LogP contribution is 2.35. The number of amides is 2. The van der Waals surface area contributed by atoms with Crippen LogP contribution in [0.1, 0.15) is 38.5 Å². The summed E-state index contributed by atoms with van der Waals surface area (Å²) in [6, 6.07) is 8.24. The Morgan fingerprint density at radius 1 is 1.15 bits per heavy atom. The second-order valence-electron chi connectivity index (χ2n) is 7.90. The molecule has 3 atom stereocenters. The number of carbonyl (C=O) groups is 2. The first-order valence-corrected chi connectivity index (χ1v) is 11.3. The van der Waals surface area contributed by atoms with Crippen molar-refractivity contribution in [2.75, 3.05) is 38.3 Å². The lowest BCUT2D eigenvalue weighted by atomic mass is 9.78. The third kappa shape index (κ3) is 5.26. The molecule has 6 heteroatoms. The predicted molar refractivity (Wildman–Crippen MR) is 110 cm³/mol. The predicted octanol–water partition coefficient (Wildman–Crippen LogP) is 2.04. The average Bonchev–Trinajstić information content (AvgIpc) is 2.67. The number of likely N-dealkylation sites (tertiary alicyclic amines) is 1. The van der Waals surface area contributed by atoms with Gasteiger partial charge in [0, 0.05) is 17.5 Å². The van der Waals surface area contributed by atoms with Crippen LogP contribution in [0.4, 0.5) is 5.69 Å². The van der Waals surface area contributed by atoms with Gasteiger partial charge in [-0.15, -0.1) is 11.8 Å². The zero-order valence-electron chi connectivity index (χ0n) is 16.5. The maximum atomic E-state index is 12.9. The molecule has 1 unspecified atom stereocenters. The number of likely N-dealkylation sites (N-methyl/N-ethyl adjacent to an activating group) is 1. The standard InChI is InChI=1S/C21H31N3O2S/c1-23(14-20(25)22-17-10-4-6-12-19(17)27-2)15-21(26)24-13-7-9-16-8-3-5-11-18(16)24/h4,6,10,12,16,18H,3,5,7-9,11,13-15H2,1-2H3,(H,22,25)/p+1/t16-,18+/m1/s1. The summed E-state index contributed by atoms with van der Waals surface area (Å²) >= 11 is 1.61. The van der Waals surface area contributed by atoms with E-state index < -0.39 is 0 Å². The average molecular weight is 391 g/mol. The van der Waals surface area contributed by atoms with Crippen LogP contribution in [0.3, 0.4) is 0 Å². The third-order valence-corrected chi connectivity index (χ3v) is 6.66. The molecule has 27 heavy (non-hydrogen) atoms. The number of para-hydroxylation sites is 1. The summed E-state index contributed by atoms with van der Waals surface area (Å²) in [5.74, 6) is 0.862. The Bertz CT molecular complexity index is 665. The molecule has 2 amide bonds. The molecular weight excluding hydrogens is 358 g/mol. The van der Waals surface area contributed by atoms with Crippen LogP contribution in [0.2, 0.25) is 0 Å². The Kier molecular flexibility index (Phi) is 7.19. The number of nitrogens with one attached hydrogen (secondary N) is 2. The molecule has 1 aromatic carbocycles. The molecule has 1 heterocycles. The Balaban J connectivity index is 1.51. The van der Waals surface area contributed by atoms with Gasteiger partial charge in [0.25, 0.3) is 11.8 Å². The number of thioether (sulfide) groups is 1. The van der Waals surface area contributed by atoms with Crippen LogP contribution in [0, 0.1) is 5.92 Å². The summed E-state index contributed by atoms with van der Waals surface area (Å²) in [5.41, 5.74) is 0.843. The summed E-state index contributed by atoms with van der Waals surface area (Å²) < 4.78 is 0. The van der Waals surface area contributed by atoms with Crippen molar-refractivity contribution in [3.8, 4) is 0 Å². The van der Waals surface area contributed by atoms with E-state index in [9.17, 15) is 9.59 Å². The SMILES string of the molecule is CSc1ccccc1NC(=O)C[NH+](C)CC(=O)N1CCC[C@H]2CCCC[C@@H]21. The van der Waals surface area contributed by atoms with E-state index >= 15 is 0 Å². The largest absolute Gasteiger partial charge is 0.335 e. The fourth-order valence-electron chi connectivity index (χ4n) is 4.57. The van der Waals surface area contributed by atoms with E-state index in [0.717, 1.165) is 34.9 Å². The molecule has 1 aromatic rings. The first-order chi connectivity index (χ1) is 13.1. The lowest BCUT2D eigenvalue weighted by Crippen LogP contribution is -3.11. The second-order valence-corrected chi connectivity index (χ2v) is 8.75. The van der Waals surface area contributed by atoms with Gasteiger partial charge in [-0.25, -0.2) is 0 Å². The number of fused-ring (bicyclic) bond motifs is 1. The lowest BCUT2D eigenvalue weighted by Gasteiger charge is -2.44. The molecule has 2 fully saturated rings. The summed E-state index contributed by atoms with van der Waals surface area (Å²) in [6.07, 6.45) is 9.37. The van der Waals surface area contributed by atoms with Crippen molar-refractivity contribution in [1.82, 2.24) is 4.90 Å². The van der Waals surface area contributed by atoms with Crippen molar-refractivity contribution in [1.29, 1.82) is 0 Å². The molecule has 1 aliphatic carbocycles. The van der Waals surface area contributed by atoms with Crippen LogP contribution in [0.25, 0.3) is 0 Å². The van der Waals surface area contributed by atoms with E-state index in [0.29, 0.717) is 25.0 Å². The maximum absolute atomic E-state index is 12.9. The van der Waals surface area contributed by atoms with Crippen LogP contribution in [-0.4, -0.2) is 55.7 Å². The lowest BCUT2D eigenvalue weighted by molar-refractivity contribution is -0.862. The molecule has 1 saturated carbocycles. The van der Waals surface area contributed by atoms with Crippen molar-refractivity contribution in [2.24, 2.45) is 5.92 Å². The molecule has 148 valence electrons. The smallest absolute Gasteiger partial charge is 0.279 e. The second kappa shape index (κ2) is 9.60. The molecule has 0 spiro atoms. The van der Waals surface area contributed by atoms with Gasteiger partial charge < -0.3 is 15.1 Å². The van der Waals surface area contributed by atoms with Crippen molar-refractivity contribution in [3.63, 3.8) is 0 Å². The Hall–Kier alpha value is -1.53. The number of quaternary nitrogens is 1. The van der Waals surface area contributed by atoms with Gasteiger partial charge in [-0.1, -0.05) is 25.0 Å². The van der Waals surface area contributed by atoms with Gasteiger partial charge in [0.2, 0.25) is 0 Å². The Labute approximate surface area is 166 Å². The van der Waals surface area contributed by atoms with Crippen molar-refractivity contribution < 1.29 is 14.5 Å². The number of rotatable bonds is 6. The normalized spacial score (nSPS) is 23.4.